The SMILES string of the molecule is O=C(CCl)c1cccc2[nH]c3ccccc3c12. The van der Waals surface area contributed by atoms with Crippen molar-refractivity contribution in [2.24, 2.45) is 0 Å². The standard InChI is InChI=1S/C14H10ClNO/c15-8-13(17)10-5-3-7-12-14(10)9-4-1-2-6-11(9)16-12/h1-7,16H,8H2. The quantitative estimate of drug-likeness (QED) is 0.540. The maximum Gasteiger partial charge on any atom is 0.178 e. The molecule has 3 heteroatoms. The Labute approximate surface area is 103 Å². The van der Waals surface area contributed by atoms with Crippen LogP contribution in [0.4, 0.5) is 0 Å². The minimum Gasteiger partial charge on any atom is -0.354 e. The molecular weight excluding hydrogens is 234 g/mol. The van der Waals surface area contributed by atoms with Gasteiger partial charge >= 0.3 is 0 Å². The van der Waals surface area contributed by atoms with Crippen molar-refractivity contribution in [3.63, 3.8) is 0 Å². The molecule has 0 amide bonds. The van der Waals surface area contributed by atoms with Crippen molar-refractivity contribution in [1.82, 2.24) is 4.98 Å². The molecule has 3 rings (SSSR count). The van der Waals surface area contributed by atoms with E-state index in [1.807, 2.05) is 42.5 Å². The van der Waals surface area contributed by atoms with Crippen molar-refractivity contribution < 1.29 is 4.79 Å². The summed E-state index contributed by atoms with van der Waals surface area (Å²) in [5.74, 6) is -0.0273. The van der Waals surface area contributed by atoms with E-state index in [9.17, 15) is 4.79 Å². The Morgan fingerprint density at radius 3 is 2.65 bits per heavy atom. The Morgan fingerprint density at radius 1 is 1.06 bits per heavy atom. The summed E-state index contributed by atoms with van der Waals surface area (Å²) >= 11 is 5.65. The Hall–Kier alpha value is -1.80. The van der Waals surface area contributed by atoms with Crippen LogP contribution in [0.25, 0.3) is 21.8 Å². The van der Waals surface area contributed by atoms with Crippen LogP contribution < -0.4 is 0 Å². The van der Waals surface area contributed by atoms with Gasteiger partial charge in [-0.1, -0.05) is 30.3 Å². The molecule has 3 aromatic rings. The van der Waals surface area contributed by atoms with Crippen LogP contribution in [0.3, 0.4) is 0 Å². The summed E-state index contributed by atoms with van der Waals surface area (Å²) in [6.07, 6.45) is 0. The maximum atomic E-state index is 11.8. The molecule has 1 aromatic heterocycles. The minimum absolute atomic E-state index is 0.0125. The topological polar surface area (TPSA) is 32.9 Å². The number of carbonyl (C=O) groups excluding carboxylic acids is 1. The molecule has 0 saturated carbocycles. The van der Waals surface area contributed by atoms with E-state index in [4.69, 9.17) is 11.6 Å². The summed E-state index contributed by atoms with van der Waals surface area (Å²) in [4.78, 5) is 15.1. The zero-order chi connectivity index (χ0) is 11.8. The number of para-hydroxylation sites is 1. The zero-order valence-electron chi connectivity index (χ0n) is 9.03. The highest BCUT2D eigenvalue weighted by Gasteiger charge is 2.12. The number of alkyl halides is 1. The largest absolute Gasteiger partial charge is 0.354 e. The van der Waals surface area contributed by atoms with Crippen LogP contribution in [0, 0.1) is 0 Å². The molecule has 2 nitrogen and oxygen atoms in total. The Morgan fingerprint density at radius 2 is 1.82 bits per heavy atom. The van der Waals surface area contributed by atoms with E-state index in [0.717, 1.165) is 21.8 Å². The number of H-pyrrole nitrogens is 1. The second-order valence-corrected chi connectivity index (χ2v) is 4.22. The van der Waals surface area contributed by atoms with Crippen molar-refractivity contribution in [2.75, 3.05) is 5.88 Å². The summed E-state index contributed by atoms with van der Waals surface area (Å²) in [7, 11) is 0. The molecule has 1 N–H and O–H groups in total. The van der Waals surface area contributed by atoms with Crippen LogP contribution in [-0.4, -0.2) is 16.6 Å². The van der Waals surface area contributed by atoms with E-state index >= 15 is 0 Å². The number of aromatic nitrogens is 1. The van der Waals surface area contributed by atoms with Crippen molar-refractivity contribution in [2.45, 2.75) is 0 Å². The highest BCUT2D eigenvalue weighted by atomic mass is 35.5. The highest BCUT2D eigenvalue weighted by molar-refractivity contribution is 6.33. The first-order chi connectivity index (χ1) is 8.31. The van der Waals surface area contributed by atoms with E-state index in [1.165, 1.54) is 0 Å². The molecule has 0 aliphatic heterocycles. The maximum absolute atomic E-state index is 11.8. The van der Waals surface area contributed by atoms with Gasteiger partial charge in [0.1, 0.15) is 0 Å². The third kappa shape index (κ3) is 1.53. The summed E-state index contributed by atoms with van der Waals surface area (Å²) < 4.78 is 0. The molecule has 0 unspecified atom stereocenters. The van der Waals surface area contributed by atoms with E-state index < -0.39 is 0 Å². The molecule has 84 valence electrons. The third-order valence-electron chi connectivity index (χ3n) is 2.95. The fraction of sp³-hybridized carbons (Fsp3) is 0.0714. The van der Waals surface area contributed by atoms with Gasteiger partial charge in [-0.3, -0.25) is 4.79 Å². The van der Waals surface area contributed by atoms with Gasteiger partial charge in [0, 0.05) is 27.4 Å². The number of hydrogen-bond donors (Lipinski definition) is 1. The smallest absolute Gasteiger partial charge is 0.178 e. The van der Waals surface area contributed by atoms with Gasteiger partial charge in [-0.15, -0.1) is 11.6 Å². The number of aromatic amines is 1. The number of benzene rings is 2. The first kappa shape index (κ1) is 10.4. The van der Waals surface area contributed by atoms with Gasteiger partial charge < -0.3 is 4.98 Å². The Balaban J connectivity index is 2.47. The lowest BCUT2D eigenvalue weighted by atomic mass is 10.0. The minimum atomic E-state index is -0.0398. The van der Waals surface area contributed by atoms with Gasteiger partial charge in [0.05, 0.1) is 5.88 Å². The van der Waals surface area contributed by atoms with Gasteiger partial charge in [-0.25, -0.2) is 0 Å². The average Bonchev–Trinajstić information content (AvgIpc) is 2.76. The van der Waals surface area contributed by atoms with Crippen LogP contribution in [0.1, 0.15) is 10.4 Å². The molecular formula is C14H10ClNO. The third-order valence-corrected chi connectivity index (χ3v) is 3.19. The van der Waals surface area contributed by atoms with E-state index in [2.05, 4.69) is 4.98 Å². The Kier molecular flexibility index (Phi) is 2.37. The lowest BCUT2D eigenvalue weighted by Gasteiger charge is -2.00. The van der Waals surface area contributed by atoms with Crippen molar-refractivity contribution in [3.05, 3.63) is 48.0 Å². The van der Waals surface area contributed by atoms with Crippen LogP contribution in [-0.2, 0) is 0 Å². The number of ketones is 1. The van der Waals surface area contributed by atoms with Crippen molar-refractivity contribution in [1.29, 1.82) is 0 Å². The molecule has 17 heavy (non-hydrogen) atoms. The van der Waals surface area contributed by atoms with E-state index in [-0.39, 0.29) is 11.7 Å². The molecule has 1 heterocycles. The van der Waals surface area contributed by atoms with Crippen LogP contribution >= 0.6 is 11.6 Å². The van der Waals surface area contributed by atoms with Gasteiger partial charge in [-0.2, -0.15) is 0 Å². The number of fused-ring (bicyclic) bond motifs is 3. The number of halogens is 1. The number of rotatable bonds is 2. The van der Waals surface area contributed by atoms with Crippen molar-refractivity contribution in [3.8, 4) is 0 Å². The number of Topliss-reactive ketones (excluding diaryl/α,β-unsaturated/α-hetero) is 1. The normalized spacial score (nSPS) is 11.1. The average molecular weight is 244 g/mol. The molecule has 0 saturated heterocycles. The van der Waals surface area contributed by atoms with Crippen LogP contribution in [0.5, 0.6) is 0 Å². The Bertz CT molecular complexity index is 714. The van der Waals surface area contributed by atoms with Crippen LogP contribution in [0.2, 0.25) is 0 Å². The molecule has 0 aliphatic carbocycles. The first-order valence-corrected chi connectivity index (χ1v) is 5.93. The summed E-state index contributed by atoms with van der Waals surface area (Å²) in [6, 6.07) is 13.6. The lowest BCUT2D eigenvalue weighted by Crippen LogP contribution is -2.00. The van der Waals surface area contributed by atoms with Gasteiger partial charge in [0.25, 0.3) is 0 Å². The number of hydrogen-bond acceptors (Lipinski definition) is 1. The van der Waals surface area contributed by atoms with Crippen molar-refractivity contribution >= 4 is 39.2 Å². The first-order valence-electron chi connectivity index (χ1n) is 5.40. The van der Waals surface area contributed by atoms with E-state index in [0.29, 0.717) is 5.56 Å². The lowest BCUT2D eigenvalue weighted by molar-refractivity contribution is 0.102. The molecule has 0 aliphatic rings. The predicted octanol–water partition coefficient (Wildman–Crippen LogP) is 3.74. The van der Waals surface area contributed by atoms with Gasteiger partial charge in [0.15, 0.2) is 5.78 Å². The number of nitrogens with one attached hydrogen (secondary N) is 1. The molecule has 2 aromatic carbocycles. The highest BCUT2D eigenvalue weighted by Crippen LogP contribution is 2.28. The summed E-state index contributed by atoms with van der Waals surface area (Å²) in [5.41, 5.74) is 2.70. The second kappa shape index (κ2) is 3.90. The molecule has 0 bridgehead atoms. The molecule has 0 fully saturated rings. The fourth-order valence-corrected chi connectivity index (χ4v) is 2.35. The second-order valence-electron chi connectivity index (χ2n) is 3.96. The van der Waals surface area contributed by atoms with E-state index in [1.54, 1.807) is 0 Å². The molecule has 0 atom stereocenters. The summed E-state index contributed by atoms with van der Waals surface area (Å²) in [6.45, 7) is 0. The number of carbonyl (C=O) groups is 1. The molecule has 0 spiro atoms. The molecule has 0 radical (unpaired) electrons. The van der Waals surface area contributed by atoms with Crippen LogP contribution in [0.15, 0.2) is 42.5 Å². The predicted molar refractivity (Wildman–Crippen MR) is 70.9 cm³/mol. The summed E-state index contributed by atoms with van der Waals surface area (Å²) in [5, 5.41) is 2.03. The monoisotopic (exact) mass is 243 g/mol. The fourth-order valence-electron chi connectivity index (χ4n) is 2.21. The van der Waals surface area contributed by atoms with Gasteiger partial charge in [0.2, 0.25) is 0 Å². The van der Waals surface area contributed by atoms with Gasteiger partial charge in [-0.05, 0) is 12.1 Å². The zero-order valence-corrected chi connectivity index (χ0v) is 9.79.